The molecule has 140 valence electrons. The number of hydrogen-bond acceptors (Lipinski definition) is 4. The van der Waals surface area contributed by atoms with E-state index in [1.165, 1.54) is 6.07 Å². The van der Waals surface area contributed by atoms with E-state index >= 15 is 0 Å². The molecule has 0 radical (unpaired) electrons. The standard InChI is InChI=1S/C21H21NO4S/c1-2-26-21(23)19(15-16-9-4-3-5-10-16)22-27(24,25)20-14-8-12-17-11-6-7-13-18(17)20/h3-14,19,22H,2,15H2,1H3. The van der Waals surface area contributed by atoms with Crippen LogP contribution in [0.2, 0.25) is 0 Å². The molecule has 0 heterocycles. The summed E-state index contributed by atoms with van der Waals surface area (Å²) in [6, 6.07) is 20.5. The topological polar surface area (TPSA) is 72.5 Å². The van der Waals surface area contributed by atoms with Crippen molar-refractivity contribution in [2.75, 3.05) is 6.61 Å². The molecule has 3 aromatic rings. The number of rotatable bonds is 7. The van der Waals surface area contributed by atoms with Gasteiger partial charge < -0.3 is 4.74 Å². The molecular formula is C21H21NO4S. The zero-order valence-corrected chi connectivity index (χ0v) is 15.8. The molecule has 0 bridgehead atoms. The zero-order chi connectivity index (χ0) is 19.3. The Bertz CT molecular complexity index is 1030. The quantitative estimate of drug-likeness (QED) is 0.636. The highest BCUT2D eigenvalue weighted by molar-refractivity contribution is 7.89. The average Bonchev–Trinajstić information content (AvgIpc) is 2.68. The van der Waals surface area contributed by atoms with Crippen LogP contribution in [-0.4, -0.2) is 27.0 Å². The van der Waals surface area contributed by atoms with Gasteiger partial charge in [-0.3, -0.25) is 4.79 Å². The number of carbonyl (C=O) groups excluding carboxylic acids is 1. The Morgan fingerprint density at radius 2 is 1.63 bits per heavy atom. The van der Waals surface area contributed by atoms with Crippen molar-refractivity contribution < 1.29 is 17.9 Å². The summed E-state index contributed by atoms with van der Waals surface area (Å²) in [4.78, 5) is 12.5. The molecule has 0 amide bonds. The molecular weight excluding hydrogens is 362 g/mol. The number of sulfonamides is 1. The molecule has 0 spiro atoms. The third-order valence-electron chi connectivity index (χ3n) is 4.19. The lowest BCUT2D eigenvalue weighted by Gasteiger charge is -2.18. The van der Waals surface area contributed by atoms with Gasteiger partial charge in [0, 0.05) is 5.39 Å². The number of esters is 1. The summed E-state index contributed by atoms with van der Waals surface area (Å²) < 4.78 is 33.7. The van der Waals surface area contributed by atoms with Crippen LogP contribution in [-0.2, 0) is 26.0 Å². The van der Waals surface area contributed by atoms with Crippen molar-refractivity contribution in [3.63, 3.8) is 0 Å². The molecule has 1 unspecified atom stereocenters. The van der Waals surface area contributed by atoms with E-state index in [-0.39, 0.29) is 17.9 Å². The SMILES string of the molecule is CCOC(=O)C(Cc1ccccc1)NS(=O)(=O)c1cccc2ccccc12. The van der Waals surface area contributed by atoms with E-state index in [2.05, 4.69) is 4.72 Å². The summed E-state index contributed by atoms with van der Waals surface area (Å²) in [5.41, 5.74) is 0.844. The van der Waals surface area contributed by atoms with Gasteiger partial charge in [0.1, 0.15) is 6.04 Å². The van der Waals surface area contributed by atoms with Crippen molar-refractivity contribution in [2.45, 2.75) is 24.3 Å². The summed E-state index contributed by atoms with van der Waals surface area (Å²) in [7, 11) is -3.92. The van der Waals surface area contributed by atoms with Gasteiger partial charge in [0.05, 0.1) is 11.5 Å². The van der Waals surface area contributed by atoms with Crippen LogP contribution in [0.4, 0.5) is 0 Å². The van der Waals surface area contributed by atoms with Gasteiger partial charge in [-0.2, -0.15) is 4.72 Å². The molecule has 1 N–H and O–H groups in total. The zero-order valence-electron chi connectivity index (χ0n) is 15.0. The van der Waals surface area contributed by atoms with E-state index in [0.717, 1.165) is 10.9 Å². The Morgan fingerprint density at radius 3 is 2.37 bits per heavy atom. The summed E-state index contributed by atoms with van der Waals surface area (Å²) >= 11 is 0. The van der Waals surface area contributed by atoms with Crippen molar-refractivity contribution in [3.8, 4) is 0 Å². The number of nitrogens with one attached hydrogen (secondary N) is 1. The van der Waals surface area contributed by atoms with Gasteiger partial charge in [-0.15, -0.1) is 0 Å². The maximum Gasteiger partial charge on any atom is 0.324 e. The largest absolute Gasteiger partial charge is 0.465 e. The molecule has 1 atom stereocenters. The predicted molar refractivity (Wildman–Crippen MR) is 105 cm³/mol. The van der Waals surface area contributed by atoms with E-state index in [4.69, 9.17) is 4.74 Å². The third kappa shape index (κ3) is 4.53. The minimum Gasteiger partial charge on any atom is -0.465 e. The highest BCUT2D eigenvalue weighted by Crippen LogP contribution is 2.23. The van der Waals surface area contributed by atoms with E-state index in [9.17, 15) is 13.2 Å². The van der Waals surface area contributed by atoms with E-state index in [1.54, 1.807) is 25.1 Å². The smallest absolute Gasteiger partial charge is 0.324 e. The molecule has 0 aliphatic rings. The molecule has 0 fully saturated rings. The predicted octanol–water partition coefficient (Wildman–Crippen LogP) is 3.29. The Hall–Kier alpha value is -2.70. The van der Waals surface area contributed by atoms with Crippen LogP contribution in [0, 0.1) is 0 Å². The van der Waals surface area contributed by atoms with Crippen molar-refractivity contribution in [1.29, 1.82) is 0 Å². The number of ether oxygens (including phenoxy) is 1. The summed E-state index contributed by atoms with van der Waals surface area (Å²) in [6.07, 6.45) is 0.212. The molecule has 27 heavy (non-hydrogen) atoms. The maximum atomic E-state index is 13.0. The molecule has 3 rings (SSSR count). The van der Waals surface area contributed by atoms with Gasteiger partial charge in [0.25, 0.3) is 0 Å². The van der Waals surface area contributed by atoms with Gasteiger partial charge in [-0.05, 0) is 30.4 Å². The first kappa shape index (κ1) is 19.1. The Balaban J connectivity index is 1.94. The van der Waals surface area contributed by atoms with Gasteiger partial charge in [-0.1, -0.05) is 66.7 Å². The van der Waals surface area contributed by atoms with Crippen LogP contribution in [0.25, 0.3) is 10.8 Å². The van der Waals surface area contributed by atoms with Crippen LogP contribution in [0.5, 0.6) is 0 Å². The molecule has 0 aromatic heterocycles. The molecule has 0 aliphatic heterocycles. The van der Waals surface area contributed by atoms with Crippen LogP contribution >= 0.6 is 0 Å². The lowest BCUT2D eigenvalue weighted by atomic mass is 10.1. The Labute approximate surface area is 159 Å². The van der Waals surface area contributed by atoms with Crippen LogP contribution in [0.1, 0.15) is 12.5 Å². The average molecular weight is 383 g/mol. The van der Waals surface area contributed by atoms with Crippen LogP contribution in [0.3, 0.4) is 0 Å². The van der Waals surface area contributed by atoms with Crippen LogP contribution in [0.15, 0.2) is 77.7 Å². The van der Waals surface area contributed by atoms with Gasteiger partial charge in [0.15, 0.2) is 0 Å². The van der Waals surface area contributed by atoms with E-state index < -0.39 is 22.0 Å². The molecule has 6 heteroatoms. The fraction of sp³-hybridized carbons (Fsp3) is 0.190. The summed E-state index contributed by atoms with van der Waals surface area (Å²) in [5, 5.41) is 1.42. The van der Waals surface area contributed by atoms with Crippen molar-refractivity contribution in [1.82, 2.24) is 4.72 Å². The first-order valence-electron chi connectivity index (χ1n) is 8.72. The minimum absolute atomic E-state index is 0.142. The van der Waals surface area contributed by atoms with Gasteiger partial charge in [0.2, 0.25) is 10.0 Å². The fourth-order valence-corrected chi connectivity index (χ4v) is 4.36. The Kier molecular flexibility index (Phi) is 5.88. The molecule has 0 saturated heterocycles. The monoisotopic (exact) mass is 383 g/mol. The fourth-order valence-electron chi connectivity index (χ4n) is 2.95. The third-order valence-corrected chi connectivity index (χ3v) is 5.72. The number of benzene rings is 3. The normalized spacial score (nSPS) is 12.6. The summed E-state index contributed by atoms with van der Waals surface area (Å²) in [6.45, 7) is 1.87. The number of hydrogen-bond donors (Lipinski definition) is 1. The first-order chi connectivity index (χ1) is 13.0. The highest BCUT2D eigenvalue weighted by atomic mass is 32.2. The van der Waals surface area contributed by atoms with Crippen LogP contribution < -0.4 is 4.72 Å². The first-order valence-corrected chi connectivity index (χ1v) is 10.2. The van der Waals surface area contributed by atoms with Crippen molar-refractivity contribution in [2.24, 2.45) is 0 Å². The molecule has 3 aromatic carbocycles. The highest BCUT2D eigenvalue weighted by Gasteiger charge is 2.28. The van der Waals surface area contributed by atoms with E-state index in [1.807, 2.05) is 48.5 Å². The lowest BCUT2D eigenvalue weighted by molar-refractivity contribution is -0.145. The van der Waals surface area contributed by atoms with Crippen molar-refractivity contribution >= 4 is 26.8 Å². The molecule has 0 saturated carbocycles. The van der Waals surface area contributed by atoms with Gasteiger partial charge >= 0.3 is 5.97 Å². The Morgan fingerprint density at radius 1 is 0.963 bits per heavy atom. The lowest BCUT2D eigenvalue weighted by Crippen LogP contribution is -2.43. The van der Waals surface area contributed by atoms with Gasteiger partial charge in [-0.25, -0.2) is 8.42 Å². The second-order valence-electron chi connectivity index (χ2n) is 6.09. The number of fused-ring (bicyclic) bond motifs is 1. The maximum absolute atomic E-state index is 13.0. The molecule has 5 nitrogen and oxygen atoms in total. The van der Waals surface area contributed by atoms with E-state index in [0.29, 0.717) is 5.39 Å². The second-order valence-corrected chi connectivity index (χ2v) is 7.78. The number of carbonyl (C=O) groups is 1. The minimum atomic E-state index is -3.92. The molecule has 0 aliphatic carbocycles. The summed E-state index contributed by atoms with van der Waals surface area (Å²) in [5.74, 6) is -0.592. The van der Waals surface area contributed by atoms with Crippen molar-refractivity contribution in [3.05, 3.63) is 78.4 Å². The second kappa shape index (κ2) is 8.33.